The third kappa shape index (κ3) is 5.72. The molecule has 4 rings (SSSR count). The Morgan fingerprint density at radius 3 is 2.36 bits per heavy atom. The molecule has 0 saturated carbocycles. The first-order chi connectivity index (χ1) is 17.3. The van der Waals surface area contributed by atoms with E-state index < -0.39 is 24.7 Å². The third-order valence-electron chi connectivity index (χ3n) is 6.32. The summed E-state index contributed by atoms with van der Waals surface area (Å²) >= 11 is 0. The highest BCUT2D eigenvalue weighted by Crippen LogP contribution is 2.35. The predicted molar refractivity (Wildman–Crippen MR) is 134 cm³/mol. The van der Waals surface area contributed by atoms with Crippen LogP contribution in [0.2, 0.25) is 0 Å². The lowest BCUT2D eigenvalue weighted by atomic mass is 9.91. The fourth-order valence-corrected chi connectivity index (χ4v) is 4.70. The number of rotatable bonds is 8. The van der Waals surface area contributed by atoms with Crippen LogP contribution in [0.15, 0.2) is 78.9 Å². The first-order valence-corrected chi connectivity index (χ1v) is 11.7. The van der Waals surface area contributed by atoms with Gasteiger partial charge in [-0.1, -0.05) is 54.6 Å². The number of hydrogen-bond donors (Lipinski definition) is 3. The van der Waals surface area contributed by atoms with E-state index in [0.29, 0.717) is 24.2 Å². The smallest absolute Gasteiger partial charge is 0.329 e. The molecule has 0 spiro atoms. The molecule has 3 atom stereocenters. The molecule has 36 heavy (non-hydrogen) atoms. The van der Waals surface area contributed by atoms with Gasteiger partial charge < -0.3 is 25.2 Å². The summed E-state index contributed by atoms with van der Waals surface area (Å²) in [5, 5.41) is 21.7. The van der Waals surface area contributed by atoms with Crippen LogP contribution < -0.4 is 5.32 Å². The van der Waals surface area contributed by atoms with E-state index in [9.17, 15) is 19.5 Å². The van der Waals surface area contributed by atoms with Gasteiger partial charge in [-0.15, -0.1) is 0 Å². The zero-order chi connectivity index (χ0) is 25.7. The number of nitrogens with zero attached hydrogens (tertiary/aromatic N) is 1. The minimum atomic E-state index is -1.08. The van der Waals surface area contributed by atoms with E-state index >= 15 is 0 Å². The number of nitrogens with one attached hydrogen (secondary N) is 1. The van der Waals surface area contributed by atoms with Crippen LogP contribution in [0.1, 0.15) is 42.1 Å². The number of amides is 2. The molecule has 2 unspecified atom stereocenters. The molecule has 1 aliphatic rings. The number of phenolic OH excluding ortho intramolecular Hbond substituents is 1. The van der Waals surface area contributed by atoms with Crippen molar-refractivity contribution in [2.45, 2.75) is 31.4 Å². The molecule has 1 saturated heterocycles. The number of carbonyl (C=O) groups excluding carboxylic acids is 2. The van der Waals surface area contributed by atoms with Gasteiger partial charge in [-0.2, -0.15) is 0 Å². The third-order valence-corrected chi connectivity index (χ3v) is 6.32. The molecule has 0 aliphatic carbocycles. The Hall–Kier alpha value is -4.17. The number of benzene rings is 3. The lowest BCUT2D eigenvalue weighted by molar-refractivity contribution is -0.143. The Balaban J connectivity index is 1.59. The van der Waals surface area contributed by atoms with Gasteiger partial charge in [0, 0.05) is 25.1 Å². The Kier molecular flexibility index (Phi) is 7.65. The molecule has 0 radical (unpaired) electrons. The second-order valence-electron chi connectivity index (χ2n) is 8.75. The molecule has 0 bridgehead atoms. The number of likely N-dealkylation sites (tertiary alicyclic amines) is 1. The molecule has 1 heterocycles. The van der Waals surface area contributed by atoms with Crippen molar-refractivity contribution < 1.29 is 29.3 Å². The summed E-state index contributed by atoms with van der Waals surface area (Å²) in [6.45, 7) is 1.43. The normalized spacial score (nSPS) is 18.0. The van der Waals surface area contributed by atoms with Crippen LogP contribution in [0.5, 0.6) is 5.75 Å². The van der Waals surface area contributed by atoms with Crippen LogP contribution in [-0.2, 0) is 19.1 Å². The number of carbonyl (C=O) groups is 3. The van der Waals surface area contributed by atoms with Crippen molar-refractivity contribution in [3.8, 4) is 5.75 Å². The van der Waals surface area contributed by atoms with Crippen molar-refractivity contribution in [3.05, 3.63) is 95.6 Å². The van der Waals surface area contributed by atoms with E-state index in [1.54, 1.807) is 47.4 Å². The SMILES string of the molecule is CC(=O)N1CCC(c2ccc(O)cc2)[C@@H]1C(=O)Nc1cccc(C(OCC(=O)O)c2ccccc2)c1. The fourth-order valence-electron chi connectivity index (χ4n) is 4.70. The van der Waals surface area contributed by atoms with Gasteiger partial charge in [0.1, 0.15) is 24.5 Å². The molecule has 1 aliphatic heterocycles. The number of aromatic hydroxyl groups is 1. The minimum Gasteiger partial charge on any atom is -0.508 e. The van der Waals surface area contributed by atoms with Crippen LogP contribution in [0.3, 0.4) is 0 Å². The van der Waals surface area contributed by atoms with Gasteiger partial charge in [0.15, 0.2) is 0 Å². The van der Waals surface area contributed by atoms with Gasteiger partial charge >= 0.3 is 5.97 Å². The summed E-state index contributed by atoms with van der Waals surface area (Å²) in [4.78, 5) is 38.5. The summed E-state index contributed by atoms with van der Waals surface area (Å²) in [6, 6.07) is 22.3. The van der Waals surface area contributed by atoms with Crippen molar-refractivity contribution in [1.82, 2.24) is 4.90 Å². The lowest BCUT2D eigenvalue weighted by Gasteiger charge is -2.27. The van der Waals surface area contributed by atoms with Crippen molar-refractivity contribution in [2.75, 3.05) is 18.5 Å². The standard InChI is InChI=1S/C28H28N2O6/c1-18(31)30-15-14-24(19-10-12-23(32)13-11-19)26(30)28(35)29-22-9-5-8-21(16-22)27(36-17-25(33)34)20-6-3-2-4-7-20/h2-13,16,24,26-27,32H,14-15,17H2,1H3,(H,29,35)(H,33,34)/t24?,26-,27?/m1/s1. The maximum Gasteiger partial charge on any atom is 0.329 e. The van der Waals surface area contributed by atoms with E-state index in [-0.39, 0.29) is 23.5 Å². The lowest BCUT2D eigenvalue weighted by Crippen LogP contribution is -2.44. The van der Waals surface area contributed by atoms with Gasteiger partial charge in [-0.25, -0.2) is 4.79 Å². The highest BCUT2D eigenvalue weighted by atomic mass is 16.5. The molecule has 186 valence electrons. The van der Waals surface area contributed by atoms with Crippen LogP contribution in [0.25, 0.3) is 0 Å². The largest absolute Gasteiger partial charge is 0.508 e. The van der Waals surface area contributed by atoms with Crippen LogP contribution in [0, 0.1) is 0 Å². The number of carboxylic acids is 1. The number of hydrogen-bond acceptors (Lipinski definition) is 5. The van der Waals surface area contributed by atoms with Crippen molar-refractivity contribution in [3.63, 3.8) is 0 Å². The second-order valence-corrected chi connectivity index (χ2v) is 8.75. The van der Waals surface area contributed by atoms with E-state index in [1.807, 2.05) is 36.4 Å². The summed E-state index contributed by atoms with van der Waals surface area (Å²) in [6.07, 6.45) is -0.00852. The summed E-state index contributed by atoms with van der Waals surface area (Å²) in [7, 11) is 0. The van der Waals surface area contributed by atoms with E-state index in [0.717, 1.165) is 11.1 Å². The number of aliphatic carboxylic acids is 1. The number of carboxylic acid groups (broad SMARTS) is 1. The topological polar surface area (TPSA) is 116 Å². The molecule has 3 aromatic carbocycles. The average molecular weight is 489 g/mol. The van der Waals surface area contributed by atoms with Gasteiger partial charge in [0.05, 0.1) is 0 Å². The Morgan fingerprint density at radius 1 is 1.00 bits per heavy atom. The Morgan fingerprint density at radius 2 is 1.69 bits per heavy atom. The van der Waals surface area contributed by atoms with Gasteiger partial charge in [0.2, 0.25) is 11.8 Å². The summed E-state index contributed by atoms with van der Waals surface area (Å²) < 4.78 is 5.68. The van der Waals surface area contributed by atoms with Gasteiger partial charge in [-0.05, 0) is 47.4 Å². The number of anilines is 1. The highest BCUT2D eigenvalue weighted by Gasteiger charge is 2.41. The average Bonchev–Trinajstić information content (AvgIpc) is 3.31. The molecule has 8 nitrogen and oxygen atoms in total. The monoisotopic (exact) mass is 488 g/mol. The zero-order valence-electron chi connectivity index (χ0n) is 19.8. The van der Waals surface area contributed by atoms with E-state index in [2.05, 4.69) is 5.32 Å². The number of phenols is 1. The van der Waals surface area contributed by atoms with E-state index in [1.165, 1.54) is 6.92 Å². The molecule has 8 heteroatoms. The Bertz CT molecular complexity index is 1230. The van der Waals surface area contributed by atoms with Crippen molar-refractivity contribution >= 4 is 23.5 Å². The van der Waals surface area contributed by atoms with Crippen molar-refractivity contribution in [1.29, 1.82) is 0 Å². The second kappa shape index (κ2) is 11.0. The molecular formula is C28H28N2O6. The predicted octanol–water partition coefficient (Wildman–Crippen LogP) is 3.93. The quantitative estimate of drug-likeness (QED) is 0.443. The highest BCUT2D eigenvalue weighted by molar-refractivity contribution is 5.98. The first-order valence-electron chi connectivity index (χ1n) is 11.7. The first kappa shape index (κ1) is 24.9. The molecular weight excluding hydrogens is 460 g/mol. The zero-order valence-corrected chi connectivity index (χ0v) is 19.8. The molecule has 3 aromatic rings. The van der Waals surface area contributed by atoms with E-state index in [4.69, 9.17) is 9.84 Å². The van der Waals surface area contributed by atoms with Crippen molar-refractivity contribution in [2.24, 2.45) is 0 Å². The maximum atomic E-state index is 13.5. The van der Waals surface area contributed by atoms with Crippen LogP contribution in [0.4, 0.5) is 5.69 Å². The fraction of sp³-hybridized carbons (Fsp3) is 0.250. The summed E-state index contributed by atoms with van der Waals surface area (Å²) in [5.74, 6) is -1.66. The molecule has 1 fully saturated rings. The molecule has 2 amide bonds. The molecule has 0 aromatic heterocycles. The van der Waals surface area contributed by atoms with Gasteiger partial charge in [-0.3, -0.25) is 9.59 Å². The van der Waals surface area contributed by atoms with Crippen LogP contribution >= 0.6 is 0 Å². The minimum absolute atomic E-state index is 0.135. The van der Waals surface area contributed by atoms with Gasteiger partial charge in [0.25, 0.3) is 0 Å². The molecule has 3 N–H and O–H groups in total. The summed E-state index contributed by atoms with van der Waals surface area (Å²) in [5.41, 5.74) is 2.85. The number of ether oxygens (including phenoxy) is 1. The maximum absolute atomic E-state index is 13.5. The Labute approximate surface area is 209 Å². The van der Waals surface area contributed by atoms with Crippen LogP contribution in [-0.4, -0.2) is 52.1 Å².